The molecule has 1 aliphatic heterocycles. The molecular formula is C12H18N2O. The predicted octanol–water partition coefficient (Wildman–Crippen LogP) is 2.29. The molecule has 0 atom stereocenters. The average molecular weight is 206 g/mol. The largest absolute Gasteiger partial charge is 0.381 e. The molecule has 0 amide bonds. The predicted molar refractivity (Wildman–Crippen MR) is 61.2 cm³/mol. The number of anilines is 1. The van der Waals surface area contributed by atoms with E-state index in [1.54, 1.807) is 0 Å². The van der Waals surface area contributed by atoms with Gasteiger partial charge in [0.15, 0.2) is 0 Å². The van der Waals surface area contributed by atoms with Gasteiger partial charge in [0.2, 0.25) is 0 Å². The molecule has 15 heavy (non-hydrogen) atoms. The Bertz CT molecular complexity index is 332. The Morgan fingerprint density at radius 1 is 1.27 bits per heavy atom. The Kier molecular flexibility index (Phi) is 3.21. The first-order valence-corrected chi connectivity index (χ1v) is 5.53. The van der Waals surface area contributed by atoms with Gasteiger partial charge in [-0.3, -0.25) is 4.98 Å². The van der Waals surface area contributed by atoms with E-state index in [0.29, 0.717) is 6.04 Å². The number of ether oxygens (including phenoxy) is 1. The molecule has 0 spiro atoms. The third-order valence-electron chi connectivity index (χ3n) is 3.05. The molecule has 0 saturated carbocycles. The van der Waals surface area contributed by atoms with E-state index in [-0.39, 0.29) is 0 Å². The van der Waals surface area contributed by atoms with Gasteiger partial charge in [-0.25, -0.2) is 0 Å². The summed E-state index contributed by atoms with van der Waals surface area (Å²) in [6, 6.07) is 0.543. The van der Waals surface area contributed by atoms with E-state index in [9.17, 15) is 0 Å². The normalized spacial score (nSPS) is 17.7. The summed E-state index contributed by atoms with van der Waals surface area (Å²) in [4.78, 5) is 4.22. The summed E-state index contributed by atoms with van der Waals surface area (Å²) in [6.07, 6.45) is 6.00. The number of aryl methyl sites for hydroxylation is 1. The van der Waals surface area contributed by atoms with Crippen LogP contribution in [0.4, 0.5) is 5.69 Å². The summed E-state index contributed by atoms with van der Waals surface area (Å²) < 4.78 is 5.34. The van der Waals surface area contributed by atoms with Gasteiger partial charge in [0, 0.05) is 25.5 Å². The van der Waals surface area contributed by atoms with Gasteiger partial charge < -0.3 is 10.1 Å². The number of rotatable bonds is 2. The van der Waals surface area contributed by atoms with E-state index in [0.717, 1.165) is 26.1 Å². The van der Waals surface area contributed by atoms with Gasteiger partial charge in [-0.15, -0.1) is 0 Å². The van der Waals surface area contributed by atoms with E-state index >= 15 is 0 Å². The minimum atomic E-state index is 0.543. The maximum atomic E-state index is 5.34. The van der Waals surface area contributed by atoms with Gasteiger partial charge in [-0.1, -0.05) is 0 Å². The highest BCUT2D eigenvalue weighted by Gasteiger charge is 2.14. The van der Waals surface area contributed by atoms with Gasteiger partial charge in [0.25, 0.3) is 0 Å². The van der Waals surface area contributed by atoms with Crippen LogP contribution in [0.2, 0.25) is 0 Å². The van der Waals surface area contributed by atoms with Gasteiger partial charge in [0.1, 0.15) is 0 Å². The molecule has 0 aliphatic carbocycles. The summed E-state index contributed by atoms with van der Waals surface area (Å²) in [6.45, 7) is 5.97. The Labute approximate surface area is 90.9 Å². The van der Waals surface area contributed by atoms with Crippen LogP contribution in [0.3, 0.4) is 0 Å². The van der Waals surface area contributed by atoms with Crippen molar-refractivity contribution in [2.75, 3.05) is 18.5 Å². The van der Waals surface area contributed by atoms with Crippen molar-refractivity contribution in [3.63, 3.8) is 0 Å². The number of hydrogen-bond acceptors (Lipinski definition) is 3. The average Bonchev–Trinajstić information content (AvgIpc) is 2.26. The lowest BCUT2D eigenvalue weighted by Crippen LogP contribution is -2.28. The molecule has 1 aromatic heterocycles. The molecule has 2 heterocycles. The highest BCUT2D eigenvalue weighted by Crippen LogP contribution is 2.20. The highest BCUT2D eigenvalue weighted by molar-refractivity contribution is 5.51. The SMILES string of the molecule is Cc1cncc(NC2CCOCC2)c1C. The van der Waals surface area contributed by atoms with Crippen LogP contribution in [-0.4, -0.2) is 24.2 Å². The maximum Gasteiger partial charge on any atom is 0.0561 e. The Morgan fingerprint density at radius 2 is 2.00 bits per heavy atom. The molecule has 0 aromatic carbocycles. The summed E-state index contributed by atoms with van der Waals surface area (Å²) in [7, 11) is 0. The number of aromatic nitrogens is 1. The van der Waals surface area contributed by atoms with Crippen molar-refractivity contribution >= 4 is 5.69 Å². The molecule has 82 valence electrons. The van der Waals surface area contributed by atoms with Crippen molar-refractivity contribution in [2.24, 2.45) is 0 Å². The molecule has 1 N–H and O–H groups in total. The smallest absolute Gasteiger partial charge is 0.0561 e. The standard InChI is InChI=1S/C12H18N2O/c1-9-7-13-8-12(10(9)2)14-11-3-5-15-6-4-11/h7-8,11,14H,3-6H2,1-2H3. The van der Waals surface area contributed by atoms with E-state index < -0.39 is 0 Å². The number of pyridine rings is 1. The lowest BCUT2D eigenvalue weighted by molar-refractivity contribution is 0.0904. The second kappa shape index (κ2) is 4.62. The molecular weight excluding hydrogens is 188 g/mol. The molecule has 2 rings (SSSR count). The summed E-state index contributed by atoms with van der Waals surface area (Å²) in [5, 5.41) is 3.55. The Hall–Kier alpha value is -1.09. The van der Waals surface area contributed by atoms with Crippen molar-refractivity contribution in [2.45, 2.75) is 32.7 Å². The quantitative estimate of drug-likeness (QED) is 0.806. The second-order valence-electron chi connectivity index (χ2n) is 4.16. The van der Waals surface area contributed by atoms with E-state index in [1.807, 2.05) is 12.4 Å². The summed E-state index contributed by atoms with van der Waals surface area (Å²) >= 11 is 0. The summed E-state index contributed by atoms with van der Waals surface area (Å²) in [5.41, 5.74) is 3.71. The van der Waals surface area contributed by atoms with E-state index in [2.05, 4.69) is 24.1 Å². The molecule has 1 saturated heterocycles. The van der Waals surface area contributed by atoms with Crippen molar-refractivity contribution in [1.82, 2.24) is 4.98 Å². The first-order chi connectivity index (χ1) is 7.27. The van der Waals surface area contributed by atoms with Crippen molar-refractivity contribution in [3.8, 4) is 0 Å². The van der Waals surface area contributed by atoms with Crippen LogP contribution in [0.25, 0.3) is 0 Å². The van der Waals surface area contributed by atoms with Crippen LogP contribution in [-0.2, 0) is 4.74 Å². The number of nitrogens with zero attached hydrogens (tertiary/aromatic N) is 1. The number of nitrogens with one attached hydrogen (secondary N) is 1. The topological polar surface area (TPSA) is 34.2 Å². The van der Waals surface area contributed by atoms with Crippen LogP contribution in [0.5, 0.6) is 0 Å². The minimum absolute atomic E-state index is 0.543. The van der Waals surface area contributed by atoms with E-state index in [4.69, 9.17) is 4.74 Å². The molecule has 0 radical (unpaired) electrons. The molecule has 3 heteroatoms. The molecule has 3 nitrogen and oxygen atoms in total. The monoisotopic (exact) mass is 206 g/mol. The van der Waals surface area contributed by atoms with Gasteiger partial charge in [0.05, 0.1) is 11.9 Å². The minimum Gasteiger partial charge on any atom is -0.381 e. The van der Waals surface area contributed by atoms with Crippen LogP contribution >= 0.6 is 0 Å². The first kappa shape index (κ1) is 10.4. The number of hydrogen-bond donors (Lipinski definition) is 1. The third-order valence-corrected chi connectivity index (χ3v) is 3.05. The zero-order valence-electron chi connectivity index (χ0n) is 9.42. The lowest BCUT2D eigenvalue weighted by atomic mass is 10.1. The van der Waals surface area contributed by atoms with Crippen LogP contribution in [0.1, 0.15) is 24.0 Å². The fourth-order valence-corrected chi connectivity index (χ4v) is 1.84. The molecule has 1 aliphatic rings. The first-order valence-electron chi connectivity index (χ1n) is 5.53. The van der Waals surface area contributed by atoms with Crippen molar-refractivity contribution in [3.05, 3.63) is 23.5 Å². The molecule has 0 unspecified atom stereocenters. The maximum absolute atomic E-state index is 5.34. The van der Waals surface area contributed by atoms with Gasteiger partial charge in [-0.05, 0) is 37.8 Å². The fourth-order valence-electron chi connectivity index (χ4n) is 1.84. The molecule has 0 bridgehead atoms. The van der Waals surface area contributed by atoms with Crippen LogP contribution in [0, 0.1) is 13.8 Å². The lowest BCUT2D eigenvalue weighted by Gasteiger charge is -2.25. The van der Waals surface area contributed by atoms with Crippen molar-refractivity contribution < 1.29 is 4.74 Å². The van der Waals surface area contributed by atoms with Crippen LogP contribution in [0.15, 0.2) is 12.4 Å². The third kappa shape index (κ3) is 2.48. The van der Waals surface area contributed by atoms with Crippen LogP contribution < -0.4 is 5.32 Å². The summed E-state index contributed by atoms with van der Waals surface area (Å²) in [5.74, 6) is 0. The zero-order valence-corrected chi connectivity index (χ0v) is 9.42. The Morgan fingerprint density at radius 3 is 2.73 bits per heavy atom. The van der Waals surface area contributed by atoms with Gasteiger partial charge in [-0.2, -0.15) is 0 Å². The Balaban J connectivity index is 2.06. The molecule has 1 aromatic rings. The molecule has 1 fully saturated rings. The second-order valence-corrected chi connectivity index (χ2v) is 4.16. The van der Waals surface area contributed by atoms with Crippen molar-refractivity contribution in [1.29, 1.82) is 0 Å². The zero-order chi connectivity index (χ0) is 10.7. The fraction of sp³-hybridized carbons (Fsp3) is 0.583. The highest BCUT2D eigenvalue weighted by atomic mass is 16.5. The van der Waals surface area contributed by atoms with E-state index in [1.165, 1.54) is 16.8 Å². The van der Waals surface area contributed by atoms with Gasteiger partial charge >= 0.3 is 0 Å².